The van der Waals surface area contributed by atoms with E-state index in [0.717, 1.165) is 10.9 Å². The summed E-state index contributed by atoms with van der Waals surface area (Å²) in [6.07, 6.45) is 1.28. The molecule has 2 rings (SSSR count). The summed E-state index contributed by atoms with van der Waals surface area (Å²) in [6.45, 7) is 6.07. The van der Waals surface area contributed by atoms with Crippen LogP contribution in [0.3, 0.4) is 0 Å². The Balaban J connectivity index is 2.03. The van der Waals surface area contributed by atoms with Crippen molar-refractivity contribution in [1.29, 1.82) is 0 Å². The van der Waals surface area contributed by atoms with Crippen molar-refractivity contribution in [3.8, 4) is 0 Å². The van der Waals surface area contributed by atoms with Crippen molar-refractivity contribution in [2.24, 2.45) is 5.41 Å². The molecule has 0 aliphatic heterocycles. The van der Waals surface area contributed by atoms with Gasteiger partial charge in [0.1, 0.15) is 0 Å². The van der Waals surface area contributed by atoms with Gasteiger partial charge in [-0.3, -0.25) is 4.79 Å². The lowest BCUT2D eigenvalue weighted by Gasteiger charge is -2.25. The van der Waals surface area contributed by atoms with E-state index >= 15 is 0 Å². The topological polar surface area (TPSA) is 65.1 Å². The van der Waals surface area contributed by atoms with Crippen molar-refractivity contribution in [1.82, 2.24) is 10.3 Å². The number of hydrogen-bond donors (Lipinski definition) is 3. The van der Waals surface area contributed by atoms with Crippen molar-refractivity contribution in [3.63, 3.8) is 0 Å². The first kappa shape index (κ1) is 13.6. The molecule has 4 nitrogen and oxygen atoms in total. The number of H-pyrrole nitrogens is 1. The minimum atomic E-state index is -0.564. The molecule has 102 valence electrons. The Morgan fingerprint density at radius 2 is 2.11 bits per heavy atom. The van der Waals surface area contributed by atoms with Crippen LogP contribution in [0.25, 0.3) is 10.9 Å². The smallest absolute Gasteiger partial charge is 0.251 e. The highest BCUT2D eigenvalue weighted by Gasteiger charge is 2.22. The van der Waals surface area contributed by atoms with E-state index in [-0.39, 0.29) is 17.9 Å². The number of rotatable bonds is 3. The van der Waals surface area contributed by atoms with Crippen LogP contribution >= 0.6 is 0 Å². The zero-order valence-electron chi connectivity index (χ0n) is 11.5. The Hall–Kier alpha value is -1.81. The number of fused-ring (bicyclic) bond motifs is 1. The molecule has 0 spiro atoms. The molecule has 0 radical (unpaired) electrons. The van der Waals surface area contributed by atoms with Crippen LogP contribution < -0.4 is 5.32 Å². The average Bonchev–Trinajstić information content (AvgIpc) is 2.81. The second-order valence-electron chi connectivity index (χ2n) is 5.87. The van der Waals surface area contributed by atoms with Crippen LogP contribution in [0.5, 0.6) is 0 Å². The van der Waals surface area contributed by atoms with Crippen LogP contribution in [0.1, 0.15) is 31.1 Å². The molecule has 1 atom stereocenters. The molecule has 1 amide bonds. The largest absolute Gasteiger partial charge is 0.391 e. The molecule has 0 saturated heterocycles. The van der Waals surface area contributed by atoms with Gasteiger partial charge in [-0.25, -0.2) is 0 Å². The normalized spacial score (nSPS) is 13.5. The lowest BCUT2D eigenvalue weighted by Crippen LogP contribution is -2.39. The van der Waals surface area contributed by atoms with Gasteiger partial charge in [-0.1, -0.05) is 26.8 Å². The molecule has 2 aromatic rings. The van der Waals surface area contributed by atoms with Gasteiger partial charge >= 0.3 is 0 Å². The number of aliphatic hydroxyl groups excluding tert-OH is 1. The van der Waals surface area contributed by atoms with Crippen molar-refractivity contribution in [3.05, 3.63) is 36.0 Å². The van der Waals surface area contributed by atoms with Gasteiger partial charge in [0.15, 0.2) is 0 Å². The Labute approximate surface area is 112 Å². The molecule has 0 saturated carbocycles. The van der Waals surface area contributed by atoms with Gasteiger partial charge in [0.2, 0.25) is 0 Å². The number of aromatic amines is 1. The zero-order chi connectivity index (χ0) is 14.0. The summed E-state index contributed by atoms with van der Waals surface area (Å²) in [5.74, 6) is -0.167. The van der Waals surface area contributed by atoms with E-state index in [1.54, 1.807) is 6.07 Å². The van der Waals surface area contributed by atoms with Crippen molar-refractivity contribution in [2.75, 3.05) is 6.54 Å². The third kappa shape index (κ3) is 3.15. The first-order valence-electron chi connectivity index (χ1n) is 6.41. The van der Waals surface area contributed by atoms with Gasteiger partial charge in [0.25, 0.3) is 5.91 Å². The highest BCUT2D eigenvalue weighted by molar-refractivity contribution is 5.97. The first-order valence-corrected chi connectivity index (χ1v) is 6.41. The fourth-order valence-electron chi connectivity index (χ4n) is 1.79. The summed E-state index contributed by atoms with van der Waals surface area (Å²) in [6, 6.07) is 7.46. The lowest BCUT2D eigenvalue weighted by atomic mass is 9.89. The summed E-state index contributed by atoms with van der Waals surface area (Å²) in [5, 5.41) is 13.7. The fourth-order valence-corrected chi connectivity index (χ4v) is 1.79. The number of hydrogen-bond acceptors (Lipinski definition) is 2. The molecular formula is C15H20N2O2. The number of amides is 1. The number of carbonyl (C=O) groups excluding carboxylic acids is 1. The standard InChI is InChI=1S/C15H20N2O2/c1-15(2,3)13(18)9-17-14(19)11-5-4-10-6-7-16-12(10)8-11/h4-8,13,16,18H,9H2,1-3H3,(H,17,19). The van der Waals surface area contributed by atoms with Crippen LogP contribution in [0.15, 0.2) is 30.5 Å². The SMILES string of the molecule is CC(C)(C)C(O)CNC(=O)c1ccc2cc[nH]c2c1. The van der Waals surface area contributed by atoms with E-state index in [4.69, 9.17) is 0 Å². The van der Waals surface area contributed by atoms with Gasteiger partial charge in [-0.2, -0.15) is 0 Å². The van der Waals surface area contributed by atoms with E-state index < -0.39 is 6.10 Å². The average molecular weight is 260 g/mol. The second-order valence-corrected chi connectivity index (χ2v) is 5.87. The van der Waals surface area contributed by atoms with Crippen molar-refractivity contribution in [2.45, 2.75) is 26.9 Å². The van der Waals surface area contributed by atoms with Gasteiger partial charge < -0.3 is 15.4 Å². The number of aliphatic hydroxyl groups is 1. The molecule has 1 aromatic carbocycles. The Morgan fingerprint density at radius 3 is 2.79 bits per heavy atom. The molecule has 4 heteroatoms. The third-order valence-electron chi connectivity index (χ3n) is 3.27. The van der Waals surface area contributed by atoms with E-state index in [1.807, 2.05) is 45.2 Å². The third-order valence-corrected chi connectivity index (χ3v) is 3.27. The predicted molar refractivity (Wildman–Crippen MR) is 76.1 cm³/mol. The Morgan fingerprint density at radius 1 is 1.37 bits per heavy atom. The van der Waals surface area contributed by atoms with E-state index in [9.17, 15) is 9.90 Å². The maximum Gasteiger partial charge on any atom is 0.251 e. The maximum absolute atomic E-state index is 12.0. The van der Waals surface area contributed by atoms with E-state index in [2.05, 4.69) is 10.3 Å². The molecule has 0 fully saturated rings. The monoisotopic (exact) mass is 260 g/mol. The molecule has 3 N–H and O–H groups in total. The Bertz CT molecular complexity index is 581. The maximum atomic E-state index is 12.0. The highest BCUT2D eigenvalue weighted by atomic mass is 16.3. The molecule has 1 unspecified atom stereocenters. The minimum Gasteiger partial charge on any atom is -0.391 e. The van der Waals surface area contributed by atoms with E-state index in [1.165, 1.54) is 0 Å². The number of aromatic nitrogens is 1. The minimum absolute atomic E-state index is 0.167. The summed E-state index contributed by atoms with van der Waals surface area (Å²) in [5.41, 5.74) is 1.29. The molecule has 0 aliphatic carbocycles. The summed E-state index contributed by atoms with van der Waals surface area (Å²) < 4.78 is 0. The van der Waals surface area contributed by atoms with Crippen LogP contribution in [0.2, 0.25) is 0 Å². The summed E-state index contributed by atoms with van der Waals surface area (Å²) in [7, 11) is 0. The highest BCUT2D eigenvalue weighted by Crippen LogP contribution is 2.18. The molecule has 19 heavy (non-hydrogen) atoms. The van der Waals surface area contributed by atoms with Crippen LogP contribution in [0.4, 0.5) is 0 Å². The van der Waals surface area contributed by atoms with Gasteiger partial charge in [-0.15, -0.1) is 0 Å². The number of carbonyl (C=O) groups is 1. The van der Waals surface area contributed by atoms with E-state index in [0.29, 0.717) is 5.56 Å². The summed E-state index contributed by atoms with van der Waals surface area (Å²) >= 11 is 0. The van der Waals surface area contributed by atoms with Crippen LogP contribution in [-0.4, -0.2) is 28.6 Å². The number of nitrogens with one attached hydrogen (secondary N) is 2. The van der Waals surface area contributed by atoms with Gasteiger partial charge in [-0.05, 0) is 29.0 Å². The lowest BCUT2D eigenvalue weighted by molar-refractivity contribution is 0.0587. The van der Waals surface area contributed by atoms with Crippen LogP contribution in [-0.2, 0) is 0 Å². The van der Waals surface area contributed by atoms with Crippen LogP contribution in [0, 0.1) is 5.41 Å². The quantitative estimate of drug-likeness (QED) is 0.793. The Kier molecular flexibility index (Phi) is 3.62. The van der Waals surface area contributed by atoms with Crippen molar-refractivity contribution >= 4 is 16.8 Å². The predicted octanol–water partition coefficient (Wildman–Crippen LogP) is 2.30. The first-order chi connectivity index (χ1) is 8.88. The van der Waals surface area contributed by atoms with Gasteiger partial charge in [0.05, 0.1) is 6.10 Å². The molecule has 0 aliphatic rings. The van der Waals surface area contributed by atoms with Gasteiger partial charge in [0, 0.05) is 23.8 Å². The fraction of sp³-hybridized carbons (Fsp3) is 0.400. The molecule has 1 heterocycles. The second kappa shape index (κ2) is 5.05. The van der Waals surface area contributed by atoms with Crippen molar-refractivity contribution < 1.29 is 9.90 Å². The summed E-state index contributed by atoms with van der Waals surface area (Å²) in [4.78, 5) is 15.1. The molecule has 0 bridgehead atoms. The molecule has 1 aromatic heterocycles. The number of benzene rings is 1. The zero-order valence-corrected chi connectivity index (χ0v) is 11.5. The molecular weight excluding hydrogens is 240 g/mol.